The first kappa shape index (κ1) is 10.8. The van der Waals surface area contributed by atoms with Crippen molar-refractivity contribution >= 4 is 9.69 Å². The second kappa shape index (κ2) is 15.8. The molecule has 0 spiro atoms. The normalized spacial score (nSPS) is 6.86. The molecule has 0 bridgehead atoms. The Kier molecular flexibility index (Phi) is 24.4. The molecule has 0 atom stereocenters. The average Bonchev–Trinajstić information content (AvgIpc) is 1.75. The third-order valence-corrected chi connectivity index (χ3v) is 0.604. The van der Waals surface area contributed by atoms with Crippen LogP contribution in [0.25, 0.3) is 0 Å². The maximum atomic E-state index is 4.57. The first-order chi connectivity index (χ1) is 3.41. The molecule has 0 saturated carbocycles. The molecule has 0 rings (SSSR count). The zero-order valence-electron chi connectivity index (χ0n) is 4.56. The number of rotatable bonds is 2. The second-order valence-corrected chi connectivity index (χ2v) is 1.21. The maximum absolute atomic E-state index is 4.57. The second-order valence-electron chi connectivity index (χ2n) is 1.21. The molecule has 0 nitrogen and oxygen atoms in total. The van der Waals surface area contributed by atoms with E-state index in [1.165, 1.54) is 12.8 Å². The zero-order chi connectivity index (χ0) is 6.12. The Morgan fingerprint density at radius 3 is 2.00 bits per heavy atom. The van der Waals surface area contributed by atoms with Crippen molar-refractivity contribution < 1.29 is 17.3 Å². The minimum atomic E-state index is 1.09. The van der Waals surface area contributed by atoms with Crippen molar-refractivity contribution in [1.82, 2.24) is 0 Å². The number of halogens is 1. The van der Waals surface area contributed by atoms with Crippen molar-refractivity contribution in [1.29, 1.82) is 0 Å². The third kappa shape index (κ3) is 19.7. The van der Waals surface area contributed by atoms with Gasteiger partial charge >= 0.3 is 27.0 Å². The summed E-state index contributed by atoms with van der Waals surface area (Å²) in [6, 6.07) is 0. The summed E-state index contributed by atoms with van der Waals surface area (Å²) in [5.41, 5.74) is 0. The van der Waals surface area contributed by atoms with Gasteiger partial charge < -0.3 is 6.92 Å². The topological polar surface area (TPSA) is 0 Å². The van der Waals surface area contributed by atoms with Crippen LogP contribution in [-0.4, -0.2) is 0 Å². The minimum absolute atomic E-state index is 1.09. The van der Waals surface area contributed by atoms with Crippen LogP contribution in [0.3, 0.4) is 0 Å². The van der Waals surface area contributed by atoms with Crippen LogP contribution in [0.2, 0.25) is 0 Å². The van der Waals surface area contributed by atoms with Gasteiger partial charge in [0.15, 0.2) is 0 Å². The van der Waals surface area contributed by atoms with E-state index in [1.54, 1.807) is 0 Å². The van der Waals surface area contributed by atoms with Crippen LogP contribution in [0, 0.1) is 6.92 Å². The molecule has 0 fully saturated rings. The number of hydrogen-bond acceptors (Lipinski definition) is 0. The van der Waals surface area contributed by atoms with Crippen LogP contribution in [0.5, 0.6) is 0 Å². The van der Waals surface area contributed by atoms with Gasteiger partial charge in [0.05, 0.1) is 0 Å². The first-order valence-electron chi connectivity index (χ1n) is 2.34. The van der Waals surface area contributed by atoms with Crippen molar-refractivity contribution in [3.8, 4) is 0 Å². The van der Waals surface area contributed by atoms with E-state index in [4.69, 9.17) is 0 Å². The third-order valence-electron chi connectivity index (χ3n) is 0.604. The van der Waals surface area contributed by atoms with E-state index in [-0.39, 0.29) is 0 Å². The van der Waals surface area contributed by atoms with Crippen LogP contribution < -0.4 is 0 Å². The van der Waals surface area contributed by atoms with Gasteiger partial charge in [-0.15, -0.1) is 0 Å². The fourth-order valence-electron chi connectivity index (χ4n) is 0.250. The van der Waals surface area contributed by atoms with Crippen molar-refractivity contribution in [3.63, 3.8) is 0 Å². The predicted octanol–water partition coefficient (Wildman–Crippen LogP) is 2.70. The van der Waals surface area contributed by atoms with Crippen LogP contribution in [0.4, 0.5) is 0 Å². The molecule has 7 heavy (non-hydrogen) atoms. The van der Waals surface area contributed by atoms with Gasteiger partial charge in [-0.05, 0) is 0 Å². The SMILES string of the molecule is [CH2-]CCCC.[Cl][Ru+]. The Hall–Kier alpha value is 0.913. The summed E-state index contributed by atoms with van der Waals surface area (Å²) in [4.78, 5) is 0. The molecular weight excluding hydrogens is 197 g/mol. The molecule has 0 heterocycles. The molecule has 0 radical (unpaired) electrons. The molecule has 0 unspecified atom stereocenters. The van der Waals surface area contributed by atoms with E-state index in [0.29, 0.717) is 0 Å². The Labute approximate surface area is 60.4 Å². The van der Waals surface area contributed by atoms with Crippen molar-refractivity contribution in [2.75, 3.05) is 0 Å². The molecule has 0 aromatic carbocycles. The molecule has 0 aromatic rings. The summed E-state index contributed by atoms with van der Waals surface area (Å²) in [6.07, 6.45) is 3.65. The summed E-state index contributed by atoms with van der Waals surface area (Å²) in [6.45, 7) is 5.85. The van der Waals surface area contributed by atoms with Gasteiger partial charge in [-0.25, -0.2) is 0 Å². The van der Waals surface area contributed by atoms with E-state index in [0.717, 1.165) is 6.42 Å². The van der Waals surface area contributed by atoms with Crippen LogP contribution in [0.15, 0.2) is 0 Å². The molecule has 0 aliphatic carbocycles. The monoisotopic (exact) mass is 208 g/mol. The predicted molar refractivity (Wildman–Crippen MR) is 30.7 cm³/mol. The molecular formula is C5H11ClRu. The average molecular weight is 208 g/mol. The van der Waals surface area contributed by atoms with Gasteiger partial charge in [0, 0.05) is 0 Å². The summed E-state index contributed by atoms with van der Waals surface area (Å²) < 4.78 is 0. The molecule has 0 aliphatic rings. The van der Waals surface area contributed by atoms with Crippen molar-refractivity contribution in [2.45, 2.75) is 26.2 Å². The van der Waals surface area contributed by atoms with E-state index >= 15 is 0 Å². The van der Waals surface area contributed by atoms with Gasteiger partial charge in [-0.2, -0.15) is 6.42 Å². The molecule has 0 saturated heterocycles. The molecule has 0 aromatic heterocycles. The Bertz CT molecular complexity index is 15.6. The van der Waals surface area contributed by atoms with Gasteiger partial charge in [0.2, 0.25) is 0 Å². The van der Waals surface area contributed by atoms with Crippen LogP contribution >= 0.6 is 9.69 Å². The number of hydrogen-bond donors (Lipinski definition) is 0. The Morgan fingerprint density at radius 2 is 2.00 bits per heavy atom. The molecule has 2 heteroatoms. The van der Waals surface area contributed by atoms with E-state index in [1.807, 2.05) is 17.3 Å². The van der Waals surface area contributed by atoms with Gasteiger partial charge in [0.1, 0.15) is 0 Å². The number of unbranched alkanes of at least 4 members (excludes halogenated alkanes) is 2. The standard InChI is InChI=1S/C5H11.ClH.Ru/c1-3-5-4-2;;/h1,3-5H2,2H3;1H;/q-1;;+2/p-1. The Morgan fingerprint density at radius 1 is 1.57 bits per heavy atom. The summed E-state index contributed by atoms with van der Waals surface area (Å²) in [7, 11) is 4.57. The van der Waals surface area contributed by atoms with Crippen molar-refractivity contribution in [3.05, 3.63) is 6.92 Å². The van der Waals surface area contributed by atoms with E-state index in [2.05, 4.69) is 23.5 Å². The molecule has 0 amide bonds. The molecule has 0 aliphatic heterocycles. The van der Waals surface area contributed by atoms with Gasteiger partial charge in [-0.3, -0.25) is 0 Å². The van der Waals surface area contributed by atoms with Crippen LogP contribution in [-0.2, 0) is 17.3 Å². The summed E-state index contributed by atoms with van der Waals surface area (Å²) in [5.74, 6) is 0. The summed E-state index contributed by atoms with van der Waals surface area (Å²) >= 11 is 1.82. The fourth-order valence-corrected chi connectivity index (χ4v) is 0.250. The van der Waals surface area contributed by atoms with Gasteiger partial charge in [0.25, 0.3) is 0 Å². The van der Waals surface area contributed by atoms with Gasteiger partial charge in [-0.1, -0.05) is 19.8 Å². The van der Waals surface area contributed by atoms with Crippen molar-refractivity contribution in [2.24, 2.45) is 0 Å². The fraction of sp³-hybridized carbons (Fsp3) is 0.800. The molecule has 0 N–H and O–H groups in total. The van der Waals surface area contributed by atoms with E-state index < -0.39 is 0 Å². The van der Waals surface area contributed by atoms with Crippen LogP contribution in [0.1, 0.15) is 26.2 Å². The first-order valence-corrected chi connectivity index (χ1v) is 4.58. The molecule has 46 valence electrons. The zero-order valence-corrected chi connectivity index (χ0v) is 7.05. The summed E-state index contributed by atoms with van der Waals surface area (Å²) in [5, 5.41) is 0. The van der Waals surface area contributed by atoms with E-state index in [9.17, 15) is 0 Å². The quantitative estimate of drug-likeness (QED) is 0.483. The Balaban J connectivity index is 0.